The molecule has 0 saturated heterocycles. The van der Waals surface area contributed by atoms with E-state index < -0.39 is 0 Å². The molecule has 0 aromatic carbocycles. The lowest BCUT2D eigenvalue weighted by molar-refractivity contribution is -0.144. The molecule has 0 saturated carbocycles. The van der Waals surface area contributed by atoms with Gasteiger partial charge in [-0.15, -0.1) is 0 Å². The summed E-state index contributed by atoms with van der Waals surface area (Å²) in [6, 6.07) is 0. The molecule has 1 N–H and O–H groups in total. The predicted molar refractivity (Wildman–Crippen MR) is 46.7 cm³/mol. The topological polar surface area (TPSA) is 46.5 Å². The van der Waals surface area contributed by atoms with E-state index in [0.29, 0.717) is 18.9 Å². The summed E-state index contributed by atoms with van der Waals surface area (Å²) < 4.78 is 4.79. The average Bonchev–Trinajstić information content (AvgIpc) is 2.01. The minimum absolute atomic E-state index is 0.136. The first kappa shape index (κ1) is 11.4. The van der Waals surface area contributed by atoms with E-state index in [9.17, 15) is 4.79 Å². The SMILES string of the molecule is CCOC(=O)C[C@@H](C)CCCO. The monoisotopic (exact) mass is 174 g/mol. The minimum atomic E-state index is -0.136. The quantitative estimate of drug-likeness (QED) is 0.618. The molecule has 3 nitrogen and oxygen atoms in total. The fourth-order valence-electron chi connectivity index (χ4n) is 1.05. The second-order valence-corrected chi connectivity index (χ2v) is 2.98. The van der Waals surface area contributed by atoms with E-state index in [-0.39, 0.29) is 12.6 Å². The van der Waals surface area contributed by atoms with Crippen LogP contribution in [0.4, 0.5) is 0 Å². The number of carbonyl (C=O) groups excluding carboxylic acids is 1. The maximum absolute atomic E-state index is 10.9. The van der Waals surface area contributed by atoms with Crippen LogP contribution in [-0.4, -0.2) is 24.3 Å². The van der Waals surface area contributed by atoms with Crippen molar-refractivity contribution in [2.75, 3.05) is 13.2 Å². The van der Waals surface area contributed by atoms with Gasteiger partial charge in [0.2, 0.25) is 0 Å². The maximum Gasteiger partial charge on any atom is 0.306 e. The molecule has 3 heteroatoms. The Bertz CT molecular complexity index is 123. The molecule has 0 unspecified atom stereocenters. The van der Waals surface area contributed by atoms with Gasteiger partial charge in [0.25, 0.3) is 0 Å². The van der Waals surface area contributed by atoms with E-state index in [0.717, 1.165) is 12.8 Å². The highest BCUT2D eigenvalue weighted by Crippen LogP contribution is 2.10. The standard InChI is InChI=1S/C9H18O3/c1-3-12-9(11)7-8(2)5-4-6-10/h8,10H,3-7H2,1-2H3/t8-/m0/s1. The highest BCUT2D eigenvalue weighted by atomic mass is 16.5. The molecular weight excluding hydrogens is 156 g/mol. The molecule has 0 aliphatic heterocycles. The summed E-state index contributed by atoms with van der Waals surface area (Å²) in [5.74, 6) is 0.180. The van der Waals surface area contributed by atoms with E-state index in [1.165, 1.54) is 0 Å². The zero-order valence-electron chi connectivity index (χ0n) is 7.88. The molecule has 0 bridgehead atoms. The predicted octanol–water partition coefficient (Wildman–Crippen LogP) is 1.35. The van der Waals surface area contributed by atoms with E-state index >= 15 is 0 Å². The summed E-state index contributed by atoms with van der Waals surface area (Å²) in [5, 5.41) is 8.54. The van der Waals surface area contributed by atoms with E-state index in [1.54, 1.807) is 6.92 Å². The third kappa shape index (κ3) is 6.16. The average molecular weight is 174 g/mol. The van der Waals surface area contributed by atoms with Crippen LogP contribution in [0, 0.1) is 5.92 Å². The van der Waals surface area contributed by atoms with E-state index in [4.69, 9.17) is 9.84 Å². The van der Waals surface area contributed by atoms with Crippen molar-refractivity contribution in [1.82, 2.24) is 0 Å². The highest BCUT2D eigenvalue weighted by molar-refractivity contribution is 5.69. The molecule has 12 heavy (non-hydrogen) atoms. The number of rotatable bonds is 6. The van der Waals surface area contributed by atoms with Crippen molar-refractivity contribution < 1.29 is 14.6 Å². The highest BCUT2D eigenvalue weighted by Gasteiger charge is 2.08. The Hall–Kier alpha value is -0.570. The fraction of sp³-hybridized carbons (Fsp3) is 0.889. The van der Waals surface area contributed by atoms with Crippen molar-refractivity contribution >= 4 is 5.97 Å². The van der Waals surface area contributed by atoms with Gasteiger partial charge in [-0.1, -0.05) is 6.92 Å². The lowest BCUT2D eigenvalue weighted by atomic mass is 10.0. The summed E-state index contributed by atoms with van der Waals surface area (Å²) in [7, 11) is 0. The van der Waals surface area contributed by atoms with Crippen LogP contribution in [0.1, 0.15) is 33.1 Å². The van der Waals surface area contributed by atoms with Gasteiger partial charge in [0.1, 0.15) is 0 Å². The van der Waals surface area contributed by atoms with Gasteiger partial charge in [-0.25, -0.2) is 0 Å². The lowest BCUT2D eigenvalue weighted by Gasteiger charge is -2.08. The van der Waals surface area contributed by atoms with Crippen LogP contribution in [0.15, 0.2) is 0 Å². The number of aliphatic hydroxyl groups excluding tert-OH is 1. The van der Waals surface area contributed by atoms with Crippen LogP contribution in [0.5, 0.6) is 0 Å². The molecule has 0 radical (unpaired) electrons. The van der Waals surface area contributed by atoms with Gasteiger partial charge < -0.3 is 9.84 Å². The second-order valence-electron chi connectivity index (χ2n) is 2.98. The molecule has 0 amide bonds. The van der Waals surface area contributed by atoms with E-state index in [1.807, 2.05) is 6.92 Å². The van der Waals surface area contributed by atoms with Crippen LogP contribution < -0.4 is 0 Å². The van der Waals surface area contributed by atoms with E-state index in [2.05, 4.69) is 0 Å². The lowest BCUT2D eigenvalue weighted by Crippen LogP contribution is -2.09. The number of ether oxygens (including phenoxy) is 1. The summed E-state index contributed by atoms with van der Waals surface area (Å²) >= 11 is 0. The van der Waals surface area contributed by atoms with Crippen molar-refractivity contribution in [3.63, 3.8) is 0 Å². The molecule has 0 fully saturated rings. The third-order valence-electron chi connectivity index (χ3n) is 1.68. The van der Waals surface area contributed by atoms with Crippen LogP contribution in [-0.2, 0) is 9.53 Å². The molecule has 0 aromatic heterocycles. The molecule has 1 atom stereocenters. The maximum atomic E-state index is 10.9. The molecule has 0 aliphatic rings. The molecule has 72 valence electrons. The first-order chi connectivity index (χ1) is 5.70. The molecule has 0 rings (SSSR count). The van der Waals surface area contributed by atoms with Crippen LogP contribution in [0.3, 0.4) is 0 Å². The number of carbonyl (C=O) groups is 1. The normalized spacial score (nSPS) is 12.6. The van der Waals surface area contributed by atoms with Gasteiger partial charge in [0, 0.05) is 13.0 Å². The van der Waals surface area contributed by atoms with Crippen molar-refractivity contribution in [3.05, 3.63) is 0 Å². The first-order valence-electron chi connectivity index (χ1n) is 4.47. The Morgan fingerprint density at radius 3 is 2.75 bits per heavy atom. The second kappa shape index (κ2) is 7.10. The summed E-state index contributed by atoms with van der Waals surface area (Å²) in [6.07, 6.45) is 2.11. The Balaban J connectivity index is 3.40. The molecule has 0 spiro atoms. The van der Waals surface area contributed by atoms with Gasteiger partial charge in [0.05, 0.1) is 6.61 Å². The Morgan fingerprint density at radius 2 is 2.25 bits per heavy atom. The van der Waals surface area contributed by atoms with Crippen molar-refractivity contribution in [2.45, 2.75) is 33.1 Å². The van der Waals surface area contributed by atoms with Crippen LogP contribution >= 0.6 is 0 Å². The van der Waals surface area contributed by atoms with Gasteiger partial charge >= 0.3 is 5.97 Å². The molecule has 0 heterocycles. The van der Waals surface area contributed by atoms with Gasteiger partial charge in [-0.05, 0) is 25.7 Å². The summed E-state index contributed by atoms with van der Waals surface area (Å²) in [5.41, 5.74) is 0. The molecule has 0 aliphatic carbocycles. The minimum Gasteiger partial charge on any atom is -0.466 e. The Labute approximate surface area is 73.7 Å². The van der Waals surface area contributed by atoms with Crippen LogP contribution in [0.25, 0.3) is 0 Å². The first-order valence-corrected chi connectivity index (χ1v) is 4.47. The summed E-state index contributed by atoms with van der Waals surface area (Å²) in [6.45, 7) is 4.45. The zero-order chi connectivity index (χ0) is 9.40. The number of aliphatic hydroxyl groups is 1. The zero-order valence-corrected chi connectivity index (χ0v) is 7.88. The van der Waals surface area contributed by atoms with Gasteiger partial charge in [-0.2, -0.15) is 0 Å². The fourth-order valence-corrected chi connectivity index (χ4v) is 1.05. The largest absolute Gasteiger partial charge is 0.466 e. The number of esters is 1. The van der Waals surface area contributed by atoms with Crippen molar-refractivity contribution in [2.24, 2.45) is 5.92 Å². The molecular formula is C9H18O3. The van der Waals surface area contributed by atoms with Crippen molar-refractivity contribution in [3.8, 4) is 0 Å². The van der Waals surface area contributed by atoms with Gasteiger partial charge in [-0.3, -0.25) is 4.79 Å². The summed E-state index contributed by atoms with van der Waals surface area (Å²) in [4.78, 5) is 10.9. The third-order valence-corrected chi connectivity index (χ3v) is 1.68. The molecule has 0 aromatic rings. The Morgan fingerprint density at radius 1 is 1.58 bits per heavy atom. The van der Waals surface area contributed by atoms with Crippen LogP contribution in [0.2, 0.25) is 0 Å². The number of hydrogen-bond donors (Lipinski definition) is 1. The van der Waals surface area contributed by atoms with Crippen molar-refractivity contribution in [1.29, 1.82) is 0 Å². The number of hydrogen-bond acceptors (Lipinski definition) is 3. The smallest absolute Gasteiger partial charge is 0.306 e. The Kier molecular flexibility index (Phi) is 6.76. The van der Waals surface area contributed by atoms with Gasteiger partial charge in [0.15, 0.2) is 0 Å².